The first-order chi connectivity index (χ1) is 8.18. The van der Waals surface area contributed by atoms with Crippen LogP contribution in [0.15, 0.2) is 48.8 Å². The summed E-state index contributed by atoms with van der Waals surface area (Å²) in [5.41, 5.74) is 1.31. The summed E-state index contributed by atoms with van der Waals surface area (Å²) < 4.78 is 0. The van der Waals surface area contributed by atoms with Crippen LogP contribution in [0.3, 0.4) is 0 Å². The number of carbonyl (C=O) groups excluding carboxylic acids is 1. The van der Waals surface area contributed by atoms with E-state index in [1.165, 1.54) is 0 Å². The summed E-state index contributed by atoms with van der Waals surface area (Å²) in [5, 5.41) is 0.551. The van der Waals surface area contributed by atoms with Crippen molar-refractivity contribution in [2.45, 2.75) is 0 Å². The summed E-state index contributed by atoms with van der Waals surface area (Å²) in [7, 11) is 1.71. The van der Waals surface area contributed by atoms with Gasteiger partial charge in [-0.25, -0.2) is 0 Å². The van der Waals surface area contributed by atoms with Crippen molar-refractivity contribution >= 4 is 23.2 Å². The highest BCUT2D eigenvalue weighted by atomic mass is 35.5. The topological polar surface area (TPSA) is 33.2 Å². The van der Waals surface area contributed by atoms with Gasteiger partial charge in [-0.1, -0.05) is 17.7 Å². The van der Waals surface area contributed by atoms with Crippen LogP contribution in [0, 0.1) is 0 Å². The lowest BCUT2D eigenvalue weighted by molar-refractivity contribution is 0.0993. The Morgan fingerprint density at radius 2 is 2.12 bits per heavy atom. The number of aromatic nitrogens is 1. The first-order valence-electron chi connectivity index (χ1n) is 5.12. The second-order valence-corrected chi connectivity index (χ2v) is 4.02. The first kappa shape index (κ1) is 11.6. The van der Waals surface area contributed by atoms with E-state index in [-0.39, 0.29) is 5.91 Å². The lowest BCUT2D eigenvalue weighted by atomic mass is 10.2. The molecule has 1 heterocycles. The number of halogens is 1. The van der Waals surface area contributed by atoms with E-state index in [0.29, 0.717) is 10.6 Å². The Labute approximate surface area is 105 Å². The Morgan fingerprint density at radius 3 is 2.76 bits per heavy atom. The van der Waals surface area contributed by atoms with Crippen LogP contribution in [0.4, 0.5) is 5.69 Å². The number of rotatable bonds is 2. The predicted molar refractivity (Wildman–Crippen MR) is 68.4 cm³/mol. The lowest BCUT2D eigenvalue weighted by Gasteiger charge is -2.16. The zero-order valence-electron chi connectivity index (χ0n) is 9.30. The van der Waals surface area contributed by atoms with Crippen LogP contribution in [0.2, 0.25) is 5.02 Å². The van der Waals surface area contributed by atoms with Gasteiger partial charge in [-0.3, -0.25) is 9.78 Å². The third-order valence-corrected chi connectivity index (χ3v) is 2.64. The average Bonchev–Trinajstić information content (AvgIpc) is 2.38. The molecule has 4 heteroatoms. The monoisotopic (exact) mass is 246 g/mol. The van der Waals surface area contributed by atoms with Crippen molar-refractivity contribution in [2.24, 2.45) is 0 Å². The van der Waals surface area contributed by atoms with Gasteiger partial charge in [-0.05, 0) is 30.3 Å². The Morgan fingerprint density at radius 1 is 1.29 bits per heavy atom. The molecule has 2 rings (SSSR count). The van der Waals surface area contributed by atoms with E-state index >= 15 is 0 Å². The number of carbonyl (C=O) groups is 1. The Bertz CT molecular complexity index is 528. The lowest BCUT2D eigenvalue weighted by Crippen LogP contribution is -2.26. The fourth-order valence-electron chi connectivity index (χ4n) is 1.48. The normalized spacial score (nSPS) is 10.0. The molecule has 0 aliphatic carbocycles. The molecule has 86 valence electrons. The summed E-state index contributed by atoms with van der Waals surface area (Å²) in [6, 6.07) is 10.5. The van der Waals surface area contributed by atoms with Crippen molar-refractivity contribution in [1.82, 2.24) is 4.98 Å². The SMILES string of the molecule is CN(C(=O)c1cccc(Cl)c1)c1cccnc1. The molecular weight excluding hydrogens is 236 g/mol. The van der Waals surface area contributed by atoms with Gasteiger partial charge in [-0.2, -0.15) is 0 Å². The van der Waals surface area contributed by atoms with Gasteiger partial charge in [0, 0.05) is 23.8 Å². The average molecular weight is 247 g/mol. The van der Waals surface area contributed by atoms with E-state index in [1.54, 1.807) is 54.7 Å². The second-order valence-electron chi connectivity index (χ2n) is 3.59. The smallest absolute Gasteiger partial charge is 0.258 e. The molecule has 1 aromatic heterocycles. The van der Waals surface area contributed by atoms with E-state index in [4.69, 9.17) is 11.6 Å². The standard InChI is InChI=1S/C13H11ClN2O/c1-16(12-6-3-7-15-9-12)13(17)10-4-2-5-11(14)8-10/h2-9H,1H3. The van der Waals surface area contributed by atoms with Gasteiger partial charge >= 0.3 is 0 Å². The number of pyridine rings is 1. The molecule has 2 aromatic rings. The molecule has 0 N–H and O–H groups in total. The Kier molecular flexibility index (Phi) is 3.40. The molecule has 0 radical (unpaired) electrons. The Hall–Kier alpha value is -1.87. The van der Waals surface area contributed by atoms with Crippen molar-refractivity contribution in [3.8, 4) is 0 Å². The fourth-order valence-corrected chi connectivity index (χ4v) is 1.67. The molecular formula is C13H11ClN2O. The second kappa shape index (κ2) is 4.97. The minimum absolute atomic E-state index is 0.111. The molecule has 17 heavy (non-hydrogen) atoms. The predicted octanol–water partition coefficient (Wildman–Crippen LogP) is 3.01. The van der Waals surface area contributed by atoms with E-state index in [9.17, 15) is 4.79 Å². The number of amides is 1. The highest BCUT2D eigenvalue weighted by Crippen LogP contribution is 2.16. The van der Waals surface area contributed by atoms with Crippen LogP contribution in [-0.4, -0.2) is 17.9 Å². The van der Waals surface area contributed by atoms with Gasteiger partial charge in [0.1, 0.15) is 0 Å². The third-order valence-electron chi connectivity index (χ3n) is 2.41. The van der Waals surface area contributed by atoms with Crippen LogP contribution in [0.25, 0.3) is 0 Å². The van der Waals surface area contributed by atoms with Gasteiger partial charge in [0.05, 0.1) is 11.9 Å². The van der Waals surface area contributed by atoms with E-state index < -0.39 is 0 Å². The minimum Gasteiger partial charge on any atom is -0.310 e. The maximum Gasteiger partial charge on any atom is 0.258 e. The number of hydrogen-bond acceptors (Lipinski definition) is 2. The van der Waals surface area contributed by atoms with E-state index in [2.05, 4.69) is 4.98 Å². The van der Waals surface area contributed by atoms with Crippen molar-refractivity contribution in [2.75, 3.05) is 11.9 Å². The molecule has 3 nitrogen and oxygen atoms in total. The van der Waals surface area contributed by atoms with Gasteiger partial charge in [-0.15, -0.1) is 0 Å². The minimum atomic E-state index is -0.111. The molecule has 0 atom stereocenters. The fraction of sp³-hybridized carbons (Fsp3) is 0.0769. The van der Waals surface area contributed by atoms with Gasteiger partial charge in [0.25, 0.3) is 5.91 Å². The van der Waals surface area contributed by atoms with Crippen LogP contribution >= 0.6 is 11.6 Å². The largest absolute Gasteiger partial charge is 0.310 e. The van der Waals surface area contributed by atoms with Crippen molar-refractivity contribution < 1.29 is 4.79 Å². The molecule has 1 amide bonds. The molecule has 0 spiro atoms. The summed E-state index contributed by atoms with van der Waals surface area (Å²) in [6.07, 6.45) is 3.31. The number of hydrogen-bond donors (Lipinski definition) is 0. The van der Waals surface area contributed by atoms with Crippen molar-refractivity contribution in [1.29, 1.82) is 0 Å². The summed E-state index contributed by atoms with van der Waals surface area (Å²) in [5.74, 6) is -0.111. The summed E-state index contributed by atoms with van der Waals surface area (Å²) in [4.78, 5) is 17.7. The van der Waals surface area contributed by atoms with Crippen LogP contribution < -0.4 is 4.90 Å². The van der Waals surface area contributed by atoms with Gasteiger partial charge < -0.3 is 4.90 Å². The number of benzene rings is 1. The molecule has 0 aliphatic rings. The van der Waals surface area contributed by atoms with Crippen LogP contribution in [0.5, 0.6) is 0 Å². The van der Waals surface area contributed by atoms with Crippen LogP contribution in [0.1, 0.15) is 10.4 Å². The summed E-state index contributed by atoms with van der Waals surface area (Å²) in [6.45, 7) is 0. The zero-order chi connectivity index (χ0) is 12.3. The molecule has 0 fully saturated rings. The Balaban J connectivity index is 2.27. The first-order valence-corrected chi connectivity index (χ1v) is 5.50. The van der Waals surface area contributed by atoms with Crippen LogP contribution in [-0.2, 0) is 0 Å². The van der Waals surface area contributed by atoms with E-state index in [1.807, 2.05) is 6.07 Å². The maximum absolute atomic E-state index is 12.1. The van der Waals surface area contributed by atoms with E-state index in [0.717, 1.165) is 5.69 Å². The van der Waals surface area contributed by atoms with Gasteiger partial charge in [0.2, 0.25) is 0 Å². The molecule has 0 saturated heterocycles. The highest BCUT2D eigenvalue weighted by molar-refractivity contribution is 6.31. The third kappa shape index (κ3) is 2.63. The molecule has 1 aromatic carbocycles. The van der Waals surface area contributed by atoms with Crippen molar-refractivity contribution in [3.05, 3.63) is 59.4 Å². The quantitative estimate of drug-likeness (QED) is 0.816. The summed E-state index contributed by atoms with van der Waals surface area (Å²) >= 11 is 5.86. The number of nitrogens with zero attached hydrogens (tertiary/aromatic N) is 2. The highest BCUT2D eigenvalue weighted by Gasteiger charge is 2.13. The molecule has 0 unspecified atom stereocenters. The van der Waals surface area contributed by atoms with Crippen molar-refractivity contribution in [3.63, 3.8) is 0 Å². The molecule has 0 saturated carbocycles. The van der Waals surface area contributed by atoms with Gasteiger partial charge in [0.15, 0.2) is 0 Å². The number of anilines is 1. The molecule has 0 aliphatic heterocycles. The molecule has 0 bridgehead atoms. The zero-order valence-corrected chi connectivity index (χ0v) is 10.1. The maximum atomic E-state index is 12.1.